The maximum atomic E-state index is 13.3. The highest BCUT2D eigenvalue weighted by Crippen LogP contribution is 2.28. The first kappa shape index (κ1) is 18.7. The Morgan fingerprint density at radius 1 is 1.31 bits per heavy atom. The predicted molar refractivity (Wildman–Crippen MR) is 101 cm³/mol. The lowest BCUT2D eigenvalue weighted by Crippen LogP contribution is -2.15. The molecular weight excluding hydrogens is 447 g/mol. The molecule has 0 radical (unpaired) electrons. The summed E-state index contributed by atoms with van der Waals surface area (Å²) in [7, 11) is 0. The van der Waals surface area contributed by atoms with Crippen LogP contribution in [0.5, 0.6) is 0 Å². The number of halogens is 3. The summed E-state index contributed by atoms with van der Waals surface area (Å²) in [6.07, 6.45) is 0. The van der Waals surface area contributed by atoms with E-state index in [0.717, 1.165) is 5.56 Å². The number of hydrogen-bond acceptors (Lipinski definition) is 6. The Hall–Kier alpha value is -2.10. The molecule has 2 aromatic carbocycles. The van der Waals surface area contributed by atoms with E-state index in [1.807, 2.05) is 18.2 Å². The summed E-state index contributed by atoms with van der Waals surface area (Å²) in [5.74, 6) is 0.144. The van der Waals surface area contributed by atoms with Crippen molar-refractivity contribution in [2.75, 3.05) is 5.32 Å². The summed E-state index contributed by atoms with van der Waals surface area (Å²) in [4.78, 5) is 0. The van der Waals surface area contributed by atoms with Gasteiger partial charge in [-0.15, -0.1) is 0 Å². The highest BCUT2D eigenvalue weighted by atomic mass is 79.9. The van der Waals surface area contributed by atoms with Gasteiger partial charge in [0.2, 0.25) is 5.84 Å². The standard InChI is InChI=1S/C16H11BrClFN4O2S/c17-11-7-10(5-6-13(11)19)20-15(21-24)14-16(23-25-22-14)26-8-9-3-1-2-4-12(9)18/h1-7,24H,8H2,(H,20,21). The molecule has 0 amide bonds. The molecule has 0 atom stereocenters. The van der Waals surface area contributed by atoms with E-state index in [4.69, 9.17) is 16.2 Å². The zero-order valence-electron chi connectivity index (χ0n) is 13.0. The number of hydrogen-bond donors (Lipinski definition) is 2. The van der Waals surface area contributed by atoms with Crippen LogP contribution in [0.1, 0.15) is 11.3 Å². The molecule has 0 aliphatic carbocycles. The highest BCUT2D eigenvalue weighted by molar-refractivity contribution is 9.10. The van der Waals surface area contributed by atoms with Gasteiger partial charge in [-0.3, -0.25) is 0 Å². The molecule has 3 aromatic rings. The summed E-state index contributed by atoms with van der Waals surface area (Å²) in [5.41, 5.74) is 1.65. The van der Waals surface area contributed by atoms with Gasteiger partial charge in [-0.1, -0.05) is 46.7 Å². The van der Waals surface area contributed by atoms with Gasteiger partial charge in [-0.05, 0) is 56.1 Å². The van der Waals surface area contributed by atoms with Crippen LogP contribution >= 0.6 is 39.3 Å². The van der Waals surface area contributed by atoms with Crippen LogP contribution in [-0.2, 0) is 5.75 Å². The Labute approximate surface area is 165 Å². The van der Waals surface area contributed by atoms with Gasteiger partial charge in [-0.2, -0.15) is 0 Å². The maximum Gasteiger partial charge on any atom is 0.202 e. The van der Waals surface area contributed by atoms with E-state index in [0.29, 0.717) is 21.5 Å². The lowest BCUT2D eigenvalue weighted by atomic mass is 10.2. The zero-order chi connectivity index (χ0) is 18.5. The third kappa shape index (κ3) is 4.35. The number of thioether (sulfide) groups is 1. The lowest BCUT2D eigenvalue weighted by Gasteiger charge is -2.07. The van der Waals surface area contributed by atoms with Gasteiger partial charge in [0, 0.05) is 16.5 Å². The smallest absolute Gasteiger partial charge is 0.202 e. The number of oxime groups is 1. The third-order valence-corrected chi connectivity index (χ3v) is 5.26. The molecule has 26 heavy (non-hydrogen) atoms. The lowest BCUT2D eigenvalue weighted by molar-refractivity contribution is 0.297. The van der Waals surface area contributed by atoms with Gasteiger partial charge in [0.25, 0.3) is 0 Å². The molecule has 10 heteroatoms. The normalized spacial score (nSPS) is 11.6. The van der Waals surface area contributed by atoms with Gasteiger partial charge in [0.15, 0.2) is 10.7 Å². The van der Waals surface area contributed by atoms with Crippen LogP contribution in [-0.4, -0.2) is 21.4 Å². The Balaban J connectivity index is 1.77. The van der Waals surface area contributed by atoms with Crippen molar-refractivity contribution >= 4 is 50.8 Å². The van der Waals surface area contributed by atoms with Crippen molar-refractivity contribution in [2.24, 2.45) is 5.16 Å². The molecule has 134 valence electrons. The number of benzene rings is 2. The van der Waals surface area contributed by atoms with Gasteiger partial charge in [0.05, 0.1) is 4.47 Å². The molecule has 0 fully saturated rings. The molecule has 3 rings (SSSR count). The number of aromatic nitrogens is 2. The fourth-order valence-corrected chi connectivity index (χ4v) is 3.58. The van der Waals surface area contributed by atoms with E-state index in [-0.39, 0.29) is 16.0 Å². The fraction of sp³-hybridized carbons (Fsp3) is 0.0625. The number of nitrogens with one attached hydrogen (secondary N) is 1. The van der Waals surface area contributed by atoms with Crippen LogP contribution < -0.4 is 5.32 Å². The van der Waals surface area contributed by atoms with E-state index in [1.165, 1.54) is 30.0 Å². The van der Waals surface area contributed by atoms with Crippen LogP contribution in [0.25, 0.3) is 0 Å². The first-order valence-corrected chi connectivity index (χ1v) is 9.37. The van der Waals surface area contributed by atoms with E-state index >= 15 is 0 Å². The molecule has 6 nitrogen and oxygen atoms in total. The van der Waals surface area contributed by atoms with Crippen LogP contribution in [0, 0.1) is 5.82 Å². The molecular formula is C16H11BrClFN4O2S. The van der Waals surface area contributed by atoms with E-state index in [9.17, 15) is 9.60 Å². The van der Waals surface area contributed by atoms with Gasteiger partial charge >= 0.3 is 0 Å². The van der Waals surface area contributed by atoms with Crippen molar-refractivity contribution < 1.29 is 14.2 Å². The first-order valence-electron chi connectivity index (χ1n) is 7.21. The second kappa shape index (κ2) is 8.52. The average Bonchev–Trinajstić information content (AvgIpc) is 3.10. The van der Waals surface area contributed by atoms with Crippen molar-refractivity contribution in [1.82, 2.24) is 10.3 Å². The molecule has 0 bridgehead atoms. The highest BCUT2D eigenvalue weighted by Gasteiger charge is 2.19. The van der Waals surface area contributed by atoms with E-state index in [2.05, 4.69) is 36.7 Å². The molecule has 0 saturated carbocycles. The summed E-state index contributed by atoms with van der Waals surface area (Å²) in [6, 6.07) is 11.7. The Bertz CT molecular complexity index is 954. The topological polar surface area (TPSA) is 83.5 Å². The minimum atomic E-state index is -0.405. The second-order valence-electron chi connectivity index (χ2n) is 5.00. The average molecular weight is 458 g/mol. The van der Waals surface area contributed by atoms with Crippen LogP contribution in [0.15, 0.2) is 61.7 Å². The van der Waals surface area contributed by atoms with E-state index < -0.39 is 5.82 Å². The van der Waals surface area contributed by atoms with Crippen molar-refractivity contribution in [3.05, 3.63) is 69.0 Å². The molecule has 2 N–H and O–H groups in total. The first-order chi connectivity index (χ1) is 12.6. The summed E-state index contributed by atoms with van der Waals surface area (Å²) in [6.45, 7) is 0. The van der Waals surface area contributed by atoms with Crippen LogP contribution in [0.2, 0.25) is 5.02 Å². The Morgan fingerprint density at radius 2 is 2.12 bits per heavy atom. The molecule has 1 heterocycles. The largest absolute Gasteiger partial charge is 0.409 e. The minimum Gasteiger partial charge on any atom is -0.409 e. The molecule has 0 spiro atoms. The molecule has 0 saturated heterocycles. The summed E-state index contributed by atoms with van der Waals surface area (Å²) < 4.78 is 18.4. The molecule has 1 aromatic heterocycles. The monoisotopic (exact) mass is 456 g/mol. The third-order valence-electron chi connectivity index (χ3n) is 3.29. The summed E-state index contributed by atoms with van der Waals surface area (Å²) in [5, 5.41) is 24.1. The predicted octanol–water partition coefficient (Wildman–Crippen LogP) is 5.16. The van der Waals surface area contributed by atoms with Crippen molar-refractivity contribution in [3.63, 3.8) is 0 Å². The Kier molecular flexibility index (Phi) is 6.12. The van der Waals surface area contributed by atoms with Gasteiger partial charge in [-0.25, -0.2) is 9.02 Å². The molecule has 0 unspecified atom stereocenters. The maximum absolute atomic E-state index is 13.3. The molecule has 0 aliphatic heterocycles. The number of anilines is 1. The SMILES string of the molecule is O/N=C(\Nc1ccc(F)c(Br)c1)c1nonc1SCc1ccccc1Cl. The second-order valence-corrected chi connectivity index (χ2v) is 7.23. The van der Waals surface area contributed by atoms with Crippen molar-refractivity contribution in [2.45, 2.75) is 10.8 Å². The quantitative estimate of drug-likeness (QED) is 0.181. The van der Waals surface area contributed by atoms with Crippen LogP contribution in [0.4, 0.5) is 10.1 Å². The molecule has 0 aliphatic rings. The number of amidine groups is 1. The van der Waals surface area contributed by atoms with Crippen LogP contribution in [0.3, 0.4) is 0 Å². The fourth-order valence-electron chi connectivity index (χ4n) is 2.02. The minimum absolute atomic E-state index is 0.0198. The van der Waals surface area contributed by atoms with Gasteiger partial charge in [0.1, 0.15) is 5.82 Å². The van der Waals surface area contributed by atoms with Crippen molar-refractivity contribution in [3.8, 4) is 0 Å². The Morgan fingerprint density at radius 3 is 2.85 bits per heavy atom. The van der Waals surface area contributed by atoms with Gasteiger partial charge < -0.3 is 10.5 Å². The number of rotatable bonds is 5. The van der Waals surface area contributed by atoms with Crippen molar-refractivity contribution in [1.29, 1.82) is 0 Å². The zero-order valence-corrected chi connectivity index (χ0v) is 16.1. The van der Waals surface area contributed by atoms with E-state index in [1.54, 1.807) is 6.07 Å². The number of nitrogens with zero attached hydrogens (tertiary/aromatic N) is 3. The summed E-state index contributed by atoms with van der Waals surface area (Å²) >= 11 is 10.6.